The molecule has 1 aliphatic rings. The third-order valence-corrected chi connectivity index (χ3v) is 3.79. The molecule has 1 aromatic carbocycles. The molecule has 1 aliphatic carbocycles. The second-order valence-electron chi connectivity index (χ2n) is 5.27. The van der Waals surface area contributed by atoms with Gasteiger partial charge in [0.05, 0.1) is 5.52 Å². The molecule has 0 bridgehead atoms. The van der Waals surface area contributed by atoms with E-state index in [1.807, 2.05) is 13.0 Å². The number of aryl methyl sites for hydroxylation is 1. The van der Waals surface area contributed by atoms with Crippen LogP contribution < -0.4 is 0 Å². The van der Waals surface area contributed by atoms with Crippen molar-refractivity contribution >= 4 is 10.9 Å². The van der Waals surface area contributed by atoms with Crippen molar-refractivity contribution in [1.29, 1.82) is 0 Å². The molecule has 0 atom stereocenters. The molecule has 2 aromatic rings. The molecule has 1 N–H and O–H groups in total. The predicted octanol–water partition coefficient (Wildman–Crippen LogP) is 2.86. The molecule has 0 unspecified atom stereocenters. The number of fused-ring (bicyclic) bond motifs is 1. The van der Waals surface area contributed by atoms with E-state index in [0.717, 1.165) is 30.5 Å². The van der Waals surface area contributed by atoms with Gasteiger partial charge in [-0.2, -0.15) is 0 Å². The maximum absolute atomic E-state index is 9.44. The predicted molar refractivity (Wildman–Crippen MR) is 68.9 cm³/mol. The van der Waals surface area contributed by atoms with Gasteiger partial charge in [-0.3, -0.25) is 4.98 Å². The molecule has 1 saturated carbocycles. The summed E-state index contributed by atoms with van der Waals surface area (Å²) in [7, 11) is 0. The zero-order chi connectivity index (χ0) is 11.9. The van der Waals surface area contributed by atoms with Gasteiger partial charge in [-0.1, -0.05) is 18.2 Å². The molecule has 0 amide bonds. The largest absolute Gasteiger partial charge is 0.396 e. The van der Waals surface area contributed by atoms with Crippen molar-refractivity contribution in [2.24, 2.45) is 5.41 Å². The summed E-state index contributed by atoms with van der Waals surface area (Å²) in [5.74, 6) is 0. The van der Waals surface area contributed by atoms with Gasteiger partial charge in [0, 0.05) is 17.7 Å². The molecule has 88 valence electrons. The summed E-state index contributed by atoms with van der Waals surface area (Å²) in [5, 5.41) is 10.7. The fraction of sp³-hybridized carbons (Fsp3) is 0.400. The minimum Gasteiger partial charge on any atom is -0.396 e. The lowest BCUT2D eigenvalue weighted by atomic mass is 9.94. The van der Waals surface area contributed by atoms with Crippen LogP contribution in [0.1, 0.15) is 24.1 Å². The average molecular weight is 227 g/mol. The van der Waals surface area contributed by atoms with Gasteiger partial charge >= 0.3 is 0 Å². The Morgan fingerprint density at radius 2 is 2.06 bits per heavy atom. The van der Waals surface area contributed by atoms with Gasteiger partial charge in [0.1, 0.15) is 0 Å². The van der Waals surface area contributed by atoms with Crippen LogP contribution in [-0.2, 0) is 6.42 Å². The van der Waals surface area contributed by atoms with Crippen molar-refractivity contribution < 1.29 is 5.11 Å². The highest BCUT2D eigenvalue weighted by Gasteiger charge is 2.42. The highest BCUT2D eigenvalue weighted by atomic mass is 16.3. The van der Waals surface area contributed by atoms with Gasteiger partial charge in [-0.15, -0.1) is 0 Å². The first-order valence-electron chi connectivity index (χ1n) is 6.19. The number of aliphatic hydroxyl groups excluding tert-OH is 1. The zero-order valence-corrected chi connectivity index (χ0v) is 10.1. The minimum absolute atomic E-state index is 0.163. The quantitative estimate of drug-likeness (QED) is 0.874. The Morgan fingerprint density at radius 3 is 2.76 bits per heavy atom. The van der Waals surface area contributed by atoms with Gasteiger partial charge in [0.2, 0.25) is 0 Å². The number of benzene rings is 1. The molecule has 0 aliphatic heterocycles. The summed E-state index contributed by atoms with van der Waals surface area (Å²) >= 11 is 0. The summed E-state index contributed by atoms with van der Waals surface area (Å²) in [6.07, 6.45) is 3.28. The number of aliphatic hydroxyl groups is 1. The van der Waals surface area contributed by atoms with Crippen molar-refractivity contribution in [3.05, 3.63) is 41.6 Å². The molecule has 1 aromatic heterocycles. The summed E-state index contributed by atoms with van der Waals surface area (Å²) < 4.78 is 0. The Kier molecular flexibility index (Phi) is 2.40. The SMILES string of the molecule is Cc1cc(CC2(CO)CC2)c2ccccc2n1. The molecule has 3 rings (SSSR count). The third-order valence-electron chi connectivity index (χ3n) is 3.79. The minimum atomic E-state index is 0.163. The molecular weight excluding hydrogens is 210 g/mol. The number of hydrogen-bond acceptors (Lipinski definition) is 2. The summed E-state index contributed by atoms with van der Waals surface area (Å²) in [6, 6.07) is 10.4. The van der Waals surface area contributed by atoms with Crippen LogP contribution >= 0.6 is 0 Å². The van der Waals surface area contributed by atoms with Crippen LogP contribution in [0.4, 0.5) is 0 Å². The molecule has 0 spiro atoms. The van der Waals surface area contributed by atoms with E-state index in [-0.39, 0.29) is 5.41 Å². The van der Waals surface area contributed by atoms with E-state index in [0.29, 0.717) is 6.61 Å². The van der Waals surface area contributed by atoms with Crippen LogP contribution in [0.3, 0.4) is 0 Å². The van der Waals surface area contributed by atoms with E-state index in [1.54, 1.807) is 0 Å². The van der Waals surface area contributed by atoms with Gasteiger partial charge in [-0.25, -0.2) is 0 Å². The van der Waals surface area contributed by atoms with Gasteiger partial charge in [-0.05, 0) is 49.3 Å². The second-order valence-corrected chi connectivity index (χ2v) is 5.27. The summed E-state index contributed by atoms with van der Waals surface area (Å²) in [5.41, 5.74) is 3.62. The number of hydrogen-bond donors (Lipinski definition) is 1. The fourth-order valence-corrected chi connectivity index (χ4v) is 2.51. The van der Waals surface area contributed by atoms with E-state index in [4.69, 9.17) is 0 Å². The molecule has 0 saturated heterocycles. The first-order valence-corrected chi connectivity index (χ1v) is 6.19. The van der Waals surface area contributed by atoms with E-state index < -0.39 is 0 Å². The second kappa shape index (κ2) is 3.81. The monoisotopic (exact) mass is 227 g/mol. The van der Waals surface area contributed by atoms with Crippen LogP contribution in [-0.4, -0.2) is 16.7 Å². The topological polar surface area (TPSA) is 33.1 Å². The Bertz CT molecular complexity index is 558. The maximum atomic E-state index is 9.44. The smallest absolute Gasteiger partial charge is 0.0707 e. The van der Waals surface area contributed by atoms with Gasteiger partial charge in [0.15, 0.2) is 0 Å². The van der Waals surface area contributed by atoms with Crippen molar-refractivity contribution in [2.45, 2.75) is 26.2 Å². The molecule has 1 fully saturated rings. The first kappa shape index (κ1) is 10.7. The Labute approximate surface area is 101 Å². The van der Waals surface area contributed by atoms with E-state index >= 15 is 0 Å². The Morgan fingerprint density at radius 1 is 1.29 bits per heavy atom. The Balaban J connectivity index is 2.08. The lowest BCUT2D eigenvalue weighted by molar-refractivity contribution is 0.211. The van der Waals surface area contributed by atoms with Crippen molar-refractivity contribution in [3.8, 4) is 0 Å². The number of rotatable bonds is 3. The highest BCUT2D eigenvalue weighted by molar-refractivity contribution is 5.82. The van der Waals surface area contributed by atoms with Crippen molar-refractivity contribution in [2.75, 3.05) is 6.61 Å². The number of aromatic nitrogens is 1. The number of nitrogens with zero attached hydrogens (tertiary/aromatic N) is 1. The zero-order valence-electron chi connectivity index (χ0n) is 10.1. The molecule has 2 heteroatoms. The number of para-hydroxylation sites is 1. The van der Waals surface area contributed by atoms with Crippen LogP contribution in [0.25, 0.3) is 10.9 Å². The normalized spacial score (nSPS) is 17.3. The fourth-order valence-electron chi connectivity index (χ4n) is 2.51. The average Bonchev–Trinajstić information content (AvgIpc) is 3.09. The summed E-state index contributed by atoms with van der Waals surface area (Å²) in [4.78, 5) is 4.55. The highest BCUT2D eigenvalue weighted by Crippen LogP contribution is 2.48. The first-order chi connectivity index (χ1) is 8.22. The Hall–Kier alpha value is -1.41. The van der Waals surface area contributed by atoms with Crippen LogP contribution in [0.5, 0.6) is 0 Å². The lowest BCUT2D eigenvalue weighted by Gasteiger charge is -2.14. The molecule has 1 heterocycles. The van der Waals surface area contributed by atoms with E-state index in [1.165, 1.54) is 10.9 Å². The van der Waals surface area contributed by atoms with Gasteiger partial charge < -0.3 is 5.11 Å². The van der Waals surface area contributed by atoms with Crippen LogP contribution in [0, 0.1) is 12.3 Å². The van der Waals surface area contributed by atoms with Crippen molar-refractivity contribution in [3.63, 3.8) is 0 Å². The maximum Gasteiger partial charge on any atom is 0.0707 e. The number of pyridine rings is 1. The van der Waals surface area contributed by atoms with Gasteiger partial charge in [0.25, 0.3) is 0 Å². The van der Waals surface area contributed by atoms with Crippen LogP contribution in [0.2, 0.25) is 0 Å². The summed E-state index contributed by atoms with van der Waals surface area (Å²) in [6.45, 7) is 2.34. The standard InChI is InChI=1S/C15H17NO/c1-11-8-12(9-15(10-17)6-7-15)13-4-2-3-5-14(13)16-11/h2-5,8,17H,6-7,9-10H2,1H3. The van der Waals surface area contributed by atoms with Crippen LogP contribution in [0.15, 0.2) is 30.3 Å². The molecule has 17 heavy (non-hydrogen) atoms. The molecular formula is C15H17NO. The van der Waals surface area contributed by atoms with E-state index in [2.05, 4.69) is 29.2 Å². The molecule has 2 nitrogen and oxygen atoms in total. The molecule has 0 radical (unpaired) electrons. The van der Waals surface area contributed by atoms with E-state index in [9.17, 15) is 5.11 Å². The lowest BCUT2D eigenvalue weighted by Crippen LogP contribution is -2.10. The van der Waals surface area contributed by atoms with Crippen molar-refractivity contribution in [1.82, 2.24) is 4.98 Å². The third kappa shape index (κ3) is 1.93.